The van der Waals surface area contributed by atoms with Crippen molar-refractivity contribution in [2.75, 3.05) is 35.0 Å². The molecule has 3 fully saturated rings. The fourth-order valence-electron chi connectivity index (χ4n) is 10.8. The van der Waals surface area contributed by atoms with Gasteiger partial charge in [-0.05, 0) is 56.9 Å². The molecule has 2 aromatic rings. The number of rotatable bonds is 13. The van der Waals surface area contributed by atoms with E-state index < -0.39 is 94.2 Å². The van der Waals surface area contributed by atoms with Crippen LogP contribution in [0.4, 0.5) is 4.79 Å². The van der Waals surface area contributed by atoms with Crippen molar-refractivity contribution in [3.05, 3.63) is 82.9 Å². The van der Waals surface area contributed by atoms with Crippen LogP contribution in [0.15, 0.2) is 71.8 Å². The molecule has 334 valence electrons. The molecule has 6 rings (SSSR count). The number of amides is 1. The van der Waals surface area contributed by atoms with Crippen LogP contribution < -0.4 is 5.32 Å². The van der Waals surface area contributed by atoms with Gasteiger partial charge in [0.05, 0.1) is 36.9 Å². The first-order valence-corrected chi connectivity index (χ1v) is 20.9. The molecule has 1 saturated heterocycles. The molecule has 4 aliphatic rings. The monoisotopic (exact) mass is 849 g/mol. The summed E-state index contributed by atoms with van der Waals surface area (Å²) in [5.74, 6) is -2.55. The maximum absolute atomic E-state index is 15.7. The molecule has 3 aliphatic carbocycles. The highest BCUT2D eigenvalue weighted by atomic mass is 16.6. The molecule has 0 spiro atoms. The number of methoxy groups -OCH3 is 4. The first-order valence-electron chi connectivity index (χ1n) is 20.9. The van der Waals surface area contributed by atoms with E-state index >= 15 is 4.79 Å². The number of ketones is 1. The van der Waals surface area contributed by atoms with Crippen molar-refractivity contribution < 1.29 is 61.8 Å². The molecule has 2 aromatic carbocycles. The molecule has 2 bridgehead atoms. The van der Waals surface area contributed by atoms with Gasteiger partial charge < -0.3 is 47.9 Å². The van der Waals surface area contributed by atoms with Crippen molar-refractivity contribution in [2.45, 2.75) is 134 Å². The van der Waals surface area contributed by atoms with Crippen molar-refractivity contribution in [3.8, 4) is 0 Å². The van der Waals surface area contributed by atoms with Gasteiger partial charge in [-0.3, -0.25) is 9.59 Å². The Morgan fingerprint density at radius 1 is 0.934 bits per heavy atom. The van der Waals surface area contributed by atoms with E-state index in [-0.39, 0.29) is 31.8 Å². The third-order valence-corrected chi connectivity index (χ3v) is 13.6. The van der Waals surface area contributed by atoms with E-state index in [4.69, 9.17) is 42.6 Å². The lowest BCUT2D eigenvalue weighted by molar-refractivity contribution is -0.355. The lowest BCUT2D eigenvalue weighted by atomic mass is 9.44. The number of hydrogen-bond acceptors (Lipinski definition) is 13. The highest BCUT2D eigenvalue weighted by Gasteiger charge is 2.78. The maximum atomic E-state index is 15.7. The van der Waals surface area contributed by atoms with Gasteiger partial charge in [0.2, 0.25) is 0 Å². The quantitative estimate of drug-likeness (QED) is 0.137. The summed E-state index contributed by atoms with van der Waals surface area (Å²) in [5.41, 5.74) is -3.40. The van der Waals surface area contributed by atoms with Crippen LogP contribution in [0.1, 0.15) is 85.4 Å². The van der Waals surface area contributed by atoms with E-state index in [1.54, 1.807) is 59.3 Å². The lowest BCUT2D eigenvalue weighted by Crippen LogP contribution is -2.82. The number of esters is 2. The third-order valence-electron chi connectivity index (χ3n) is 13.6. The number of fused-ring (bicyclic) bond motifs is 5. The molecule has 0 aromatic heterocycles. The first kappa shape index (κ1) is 46.3. The zero-order valence-corrected chi connectivity index (χ0v) is 37.5. The zero-order valence-electron chi connectivity index (χ0n) is 37.5. The number of nitrogens with one attached hydrogen (secondary N) is 1. The molecule has 0 radical (unpaired) electrons. The Bertz CT molecular complexity index is 1960. The van der Waals surface area contributed by atoms with Crippen LogP contribution in [0, 0.1) is 16.7 Å². The fourth-order valence-corrected chi connectivity index (χ4v) is 10.8. The van der Waals surface area contributed by atoms with Crippen LogP contribution in [0.5, 0.6) is 0 Å². The Labute approximate surface area is 359 Å². The van der Waals surface area contributed by atoms with Gasteiger partial charge in [-0.15, -0.1) is 0 Å². The third kappa shape index (κ3) is 8.04. The van der Waals surface area contributed by atoms with E-state index in [1.165, 1.54) is 21.1 Å². The topological polar surface area (TPSA) is 163 Å². The van der Waals surface area contributed by atoms with Gasteiger partial charge in [0.25, 0.3) is 0 Å². The Balaban J connectivity index is 1.54. The second-order valence-corrected chi connectivity index (χ2v) is 18.4. The summed E-state index contributed by atoms with van der Waals surface area (Å²) in [7, 11) is 5.98. The molecule has 1 unspecified atom stereocenters. The minimum absolute atomic E-state index is 0.00542. The van der Waals surface area contributed by atoms with Gasteiger partial charge in [-0.25, -0.2) is 9.59 Å². The van der Waals surface area contributed by atoms with Crippen LogP contribution in [-0.2, 0) is 63.6 Å². The standard InChI is InChI=1S/C47H63NO13/c1-27-31(59-41(51)37(55-11)35(30-21-17-14-18-22-30)48-42(52)61-43(3,4)5)24-47(56-12)40(57-25-29-19-15-13-16-20-29)38-45(8,39(50)36(54-10)34(27)44(47,6)7)32(53-9)23-33-46(38,26-58-33)60-28(2)49/h13-22,31-33,35-38,40H,23-26H2,1-12H3,(H,48,52)/t31-,32-,33+,35-,36+,37+,38?,40-,45+,46-,47+/m0/s1. The summed E-state index contributed by atoms with van der Waals surface area (Å²) in [6, 6.07) is 17.5. The molecular formula is C47H63NO13. The van der Waals surface area contributed by atoms with Crippen LogP contribution in [0.25, 0.3) is 0 Å². The summed E-state index contributed by atoms with van der Waals surface area (Å²) in [4.78, 5) is 56.9. The molecule has 14 heteroatoms. The second kappa shape index (κ2) is 17.5. The summed E-state index contributed by atoms with van der Waals surface area (Å²) >= 11 is 0. The van der Waals surface area contributed by atoms with E-state index in [0.29, 0.717) is 16.7 Å². The van der Waals surface area contributed by atoms with Crippen molar-refractivity contribution >= 4 is 23.8 Å². The van der Waals surface area contributed by atoms with Gasteiger partial charge in [0, 0.05) is 59.5 Å². The maximum Gasteiger partial charge on any atom is 0.408 e. The number of alkyl carbamates (subject to hydrolysis) is 1. The number of hydrogen-bond donors (Lipinski definition) is 1. The highest BCUT2D eigenvalue weighted by Crippen LogP contribution is 2.65. The Hall–Kier alpha value is -4.18. The smallest absolute Gasteiger partial charge is 0.408 e. The minimum atomic E-state index is -1.40. The van der Waals surface area contributed by atoms with Gasteiger partial charge in [0.1, 0.15) is 29.5 Å². The lowest BCUT2D eigenvalue weighted by Gasteiger charge is -2.68. The normalized spacial score (nSPS) is 32.8. The molecule has 2 saturated carbocycles. The fraction of sp³-hybridized carbons (Fsp3) is 0.617. The molecule has 1 N–H and O–H groups in total. The van der Waals surface area contributed by atoms with Gasteiger partial charge >= 0.3 is 18.0 Å². The van der Waals surface area contributed by atoms with Crippen LogP contribution in [0.2, 0.25) is 0 Å². The first-order chi connectivity index (χ1) is 28.8. The molecule has 61 heavy (non-hydrogen) atoms. The predicted octanol–water partition coefficient (Wildman–Crippen LogP) is 6.24. The Morgan fingerprint density at radius 2 is 1.57 bits per heavy atom. The number of carbonyl (C=O) groups excluding carboxylic acids is 4. The number of carbonyl (C=O) groups is 4. The SMILES string of the molecule is CO[C@H]1C(=O)[C@@]2(C)C([C@H](OCc3ccccc3)[C@]3(OC)C[C@H](OC(=O)[C@H](OC)[C@@H](NC(=O)OC(C)(C)C)c4ccccc4)C(C)=C1C3(C)C)[C@]1(OC(C)=O)CO[C@@H]1C[C@@H]2OC. The van der Waals surface area contributed by atoms with Crippen LogP contribution in [0.3, 0.4) is 0 Å². The predicted molar refractivity (Wildman–Crippen MR) is 222 cm³/mol. The molecule has 1 aliphatic heterocycles. The molecule has 11 atom stereocenters. The summed E-state index contributed by atoms with van der Waals surface area (Å²) < 4.78 is 57.1. The number of benzene rings is 2. The average molecular weight is 850 g/mol. The highest BCUT2D eigenvalue weighted by molar-refractivity contribution is 5.94. The number of Topliss-reactive ketones (excluding diaryl/α,β-unsaturated/α-hetero) is 1. The van der Waals surface area contributed by atoms with Crippen LogP contribution in [-0.4, -0.2) is 112 Å². The minimum Gasteiger partial charge on any atom is -0.456 e. The zero-order chi connectivity index (χ0) is 44.7. The van der Waals surface area contributed by atoms with E-state index in [2.05, 4.69) is 5.32 Å². The molecular weight excluding hydrogens is 787 g/mol. The largest absolute Gasteiger partial charge is 0.456 e. The van der Waals surface area contributed by atoms with E-state index in [1.807, 2.05) is 64.1 Å². The molecule has 14 nitrogen and oxygen atoms in total. The van der Waals surface area contributed by atoms with Gasteiger partial charge in [-0.1, -0.05) is 74.5 Å². The summed E-state index contributed by atoms with van der Waals surface area (Å²) in [6.45, 7) is 14.3. The average Bonchev–Trinajstić information content (AvgIpc) is 3.20. The van der Waals surface area contributed by atoms with Gasteiger partial charge in [0.15, 0.2) is 17.5 Å². The molecule has 1 amide bonds. The summed E-state index contributed by atoms with van der Waals surface area (Å²) in [5, 5.41) is 2.83. The Morgan fingerprint density at radius 3 is 2.10 bits per heavy atom. The second-order valence-electron chi connectivity index (χ2n) is 18.4. The van der Waals surface area contributed by atoms with Crippen molar-refractivity contribution in [1.82, 2.24) is 5.32 Å². The van der Waals surface area contributed by atoms with Crippen molar-refractivity contribution in [1.29, 1.82) is 0 Å². The number of ether oxygens (including phenoxy) is 9. The Kier molecular flexibility index (Phi) is 13.3. The van der Waals surface area contributed by atoms with Crippen molar-refractivity contribution in [2.24, 2.45) is 16.7 Å². The van der Waals surface area contributed by atoms with Crippen molar-refractivity contribution in [3.63, 3.8) is 0 Å². The summed E-state index contributed by atoms with van der Waals surface area (Å²) in [6.07, 6.45) is -6.35. The van der Waals surface area contributed by atoms with Crippen LogP contribution >= 0.6 is 0 Å². The molecule has 1 heterocycles. The van der Waals surface area contributed by atoms with Gasteiger partial charge in [-0.2, -0.15) is 0 Å². The van der Waals surface area contributed by atoms with E-state index in [0.717, 1.165) is 5.56 Å². The van der Waals surface area contributed by atoms with E-state index in [9.17, 15) is 14.4 Å².